The highest BCUT2D eigenvalue weighted by molar-refractivity contribution is 7.99. The van der Waals surface area contributed by atoms with Gasteiger partial charge in [0.1, 0.15) is 23.4 Å². The molecule has 6 heteroatoms. The van der Waals surface area contributed by atoms with Crippen molar-refractivity contribution in [1.29, 1.82) is 0 Å². The molecule has 0 spiro atoms. The molecule has 0 bridgehead atoms. The molecule has 0 aliphatic carbocycles. The molecule has 1 aromatic heterocycles. The minimum atomic E-state index is -0.820. The summed E-state index contributed by atoms with van der Waals surface area (Å²) < 4.78 is 32.9. The maximum absolute atomic E-state index is 13.7. The third-order valence-electron chi connectivity index (χ3n) is 2.62. The second kappa shape index (κ2) is 5.05. The maximum atomic E-state index is 13.7. The molecule has 0 saturated heterocycles. The molecule has 0 aliphatic heterocycles. The summed E-state index contributed by atoms with van der Waals surface area (Å²) in [6.07, 6.45) is 0.389. The summed E-state index contributed by atoms with van der Waals surface area (Å²) in [4.78, 5) is 14.4. The lowest BCUT2D eigenvalue weighted by atomic mass is 10.2. The Labute approximate surface area is 116 Å². The van der Waals surface area contributed by atoms with Crippen molar-refractivity contribution in [1.82, 2.24) is 4.98 Å². The van der Waals surface area contributed by atoms with Gasteiger partial charge in [0.15, 0.2) is 5.58 Å². The molecule has 0 atom stereocenters. The normalized spacial score (nSPS) is 10.9. The second-order valence-electron chi connectivity index (χ2n) is 3.98. The van der Waals surface area contributed by atoms with Crippen LogP contribution in [0.25, 0.3) is 11.1 Å². The second-order valence-corrected chi connectivity index (χ2v) is 4.94. The summed E-state index contributed by atoms with van der Waals surface area (Å²) >= 11 is 0.742. The Kier molecular flexibility index (Phi) is 3.23. The number of aromatic nitrogens is 1. The highest BCUT2D eigenvalue weighted by atomic mass is 32.2. The van der Waals surface area contributed by atoms with Gasteiger partial charge in [-0.25, -0.2) is 13.8 Å². The van der Waals surface area contributed by atoms with Gasteiger partial charge in [-0.05, 0) is 36.0 Å². The van der Waals surface area contributed by atoms with Gasteiger partial charge in [-0.15, -0.1) is 0 Å². The summed E-state index contributed by atoms with van der Waals surface area (Å²) in [6, 6.07) is 8.98. The molecule has 100 valence electrons. The quantitative estimate of drug-likeness (QED) is 0.682. The number of carbonyl (C=O) groups excluding carboxylic acids is 1. The van der Waals surface area contributed by atoms with Crippen LogP contribution in [0.2, 0.25) is 0 Å². The lowest BCUT2D eigenvalue weighted by molar-refractivity contribution is 0.112. The van der Waals surface area contributed by atoms with E-state index in [4.69, 9.17) is 4.42 Å². The van der Waals surface area contributed by atoms with Crippen LogP contribution in [-0.4, -0.2) is 11.3 Å². The van der Waals surface area contributed by atoms with Crippen LogP contribution in [-0.2, 0) is 0 Å². The smallest absolute Gasteiger partial charge is 0.261 e. The van der Waals surface area contributed by atoms with E-state index in [-0.39, 0.29) is 15.7 Å². The highest BCUT2D eigenvalue weighted by Gasteiger charge is 2.16. The van der Waals surface area contributed by atoms with Gasteiger partial charge >= 0.3 is 0 Å². The minimum absolute atomic E-state index is 0.0538. The van der Waals surface area contributed by atoms with Crippen molar-refractivity contribution in [2.24, 2.45) is 0 Å². The van der Waals surface area contributed by atoms with E-state index < -0.39 is 11.6 Å². The molecule has 3 nitrogen and oxygen atoms in total. The third-order valence-corrected chi connectivity index (χ3v) is 3.56. The molecule has 3 aromatic rings. The molecule has 20 heavy (non-hydrogen) atoms. The first-order valence-electron chi connectivity index (χ1n) is 5.65. The summed E-state index contributed by atoms with van der Waals surface area (Å²) in [5.74, 6) is -1.64. The number of carbonyl (C=O) groups is 1. The fourth-order valence-corrected chi connectivity index (χ4v) is 2.49. The number of aldehydes is 1. The number of halogens is 2. The fraction of sp³-hybridized carbons (Fsp3) is 0. The van der Waals surface area contributed by atoms with Crippen molar-refractivity contribution in [3.05, 3.63) is 53.6 Å². The monoisotopic (exact) mass is 291 g/mol. The summed E-state index contributed by atoms with van der Waals surface area (Å²) in [5.41, 5.74) is 1.10. The van der Waals surface area contributed by atoms with Crippen molar-refractivity contribution < 1.29 is 18.0 Å². The molecular weight excluding hydrogens is 284 g/mol. The van der Waals surface area contributed by atoms with Crippen LogP contribution in [0, 0.1) is 11.6 Å². The first-order valence-corrected chi connectivity index (χ1v) is 6.46. The lowest BCUT2D eigenvalue weighted by Crippen LogP contribution is -1.92. The van der Waals surface area contributed by atoms with Crippen LogP contribution in [0.1, 0.15) is 10.4 Å². The molecule has 0 fully saturated rings. The highest BCUT2D eigenvalue weighted by Crippen LogP contribution is 2.33. The number of rotatable bonds is 3. The lowest BCUT2D eigenvalue weighted by Gasteiger charge is -2.02. The van der Waals surface area contributed by atoms with Gasteiger partial charge in [0.25, 0.3) is 5.22 Å². The molecule has 0 amide bonds. The summed E-state index contributed by atoms with van der Waals surface area (Å²) in [6.45, 7) is 0. The molecule has 0 unspecified atom stereocenters. The first-order chi connectivity index (χ1) is 9.67. The van der Waals surface area contributed by atoms with Crippen LogP contribution < -0.4 is 0 Å². The van der Waals surface area contributed by atoms with Gasteiger partial charge in [0.05, 0.1) is 4.90 Å². The van der Waals surface area contributed by atoms with Gasteiger partial charge < -0.3 is 4.42 Å². The molecule has 3 rings (SSSR count). The van der Waals surface area contributed by atoms with Crippen LogP contribution in [0.3, 0.4) is 0 Å². The fourth-order valence-electron chi connectivity index (χ4n) is 1.73. The van der Waals surface area contributed by atoms with E-state index in [1.54, 1.807) is 24.3 Å². The summed E-state index contributed by atoms with van der Waals surface area (Å²) in [5, 5.41) is 0.142. The Morgan fingerprint density at radius 1 is 1.15 bits per heavy atom. The first kappa shape index (κ1) is 12.8. The van der Waals surface area contributed by atoms with E-state index in [0.29, 0.717) is 17.4 Å². The van der Waals surface area contributed by atoms with Gasteiger partial charge in [0.2, 0.25) is 0 Å². The van der Waals surface area contributed by atoms with E-state index in [1.807, 2.05) is 0 Å². The van der Waals surface area contributed by atoms with E-state index in [9.17, 15) is 13.6 Å². The number of nitrogens with zero attached hydrogens (tertiary/aromatic N) is 1. The Hall–Kier alpha value is -2.21. The zero-order valence-electron chi connectivity index (χ0n) is 9.97. The molecule has 0 N–H and O–H groups in total. The molecular formula is C14H7F2NO2S. The van der Waals surface area contributed by atoms with Crippen LogP contribution in [0.4, 0.5) is 8.78 Å². The zero-order valence-corrected chi connectivity index (χ0v) is 10.8. The number of para-hydroxylation sites is 2. The van der Waals surface area contributed by atoms with Crippen molar-refractivity contribution >= 4 is 29.1 Å². The molecule has 2 aromatic carbocycles. The standard InChI is InChI=1S/C14H7F2NO2S/c15-9-5-8(7-18)6-10(16)13(9)20-14-17-11-3-1-2-4-12(11)19-14/h1-7H. The molecule has 0 aliphatic rings. The largest absolute Gasteiger partial charge is 0.431 e. The van der Waals surface area contributed by atoms with Gasteiger partial charge in [0, 0.05) is 5.56 Å². The minimum Gasteiger partial charge on any atom is -0.431 e. The zero-order chi connectivity index (χ0) is 14.1. The number of hydrogen-bond donors (Lipinski definition) is 0. The predicted octanol–water partition coefficient (Wildman–Crippen LogP) is 4.07. The van der Waals surface area contributed by atoms with E-state index in [1.165, 1.54) is 0 Å². The number of benzene rings is 2. The number of oxazole rings is 1. The van der Waals surface area contributed by atoms with Gasteiger partial charge in [-0.2, -0.15) is 0 Å². The average molecular weight is 291 g/mol. The van der Waals surface area contributed by atoms with Crippen molar-refractivity contribution in [3.8, 4) is 0 Å². The van der Waals surface area contributed by atoms with Crippen molar-refractivity contribution in [2.45, 2.75) is 10.1 Å². The Balaban J connectivity index is 2.00. The van der Waals surface area contributed by atoms with Crippen LogP contribution in [0.15, 0.2) is 50.9 Å². The molecule has 0 radical (unpaired) electrons. The van der Waals surface area contributed by atoms with E-state index in [0.717, 1.165) is 23.9 Å². The predicted molar refractivity (Wildman–Crippen MR) is 69.9 cm³/mol. The molecule has 1 heterocycles. The average Bonchev–Trinajstić information content (AvgIpc) is 2.85. The summed E-state index contributed by atoms with van der Waals surface area (Å²) in [7, 11) is 0. The topological polar surface area (TPSA) is 43.1 Å². The van der Waals surface area contributed by atoms with E-state index in [2.05, 4.69) is 4.98 Å². The third kappa shape index (κ3) is 2.30. The van der Waals surface area contributed by atoms with Crippen LogP contribution >= 0.6 is 11.8 Å². The van der Waals surface area contributed by atoms with Crippen molar-refractivity contribution in [2.75, 3.05) is 0 Å². The Bertz CT molecular complexity index is 745. The van der Waals surface area contributed by atoms with Gasteiger partial charge in [-0.3, -0.25) is 4.79 Å². The number of hydrogen-bond acceptors (Lipinski definition) is 4. The van der Waals surface area contributed by atoms with Crippen LogP contribution in [0.5, 0.6) is 0 Å². The number of fused-ring (bicyclic) bond motifs is 1. The molecule has 0 saturated carbocycles. The Morgan fingerprint density at radius 2 is 1.85 bits per heavy atom. The van der Waals surface area contributed by atoms with E-state index >= 15 is 0 Å². The SMILES string of the molecule is O=Cc1cc(F)c(Sc2nc3ccccc3o2)c(F)c1. The van der Waals surface area contributed by atoms with Crippen molar-refractivity contribution in [3.63, 3.8) is 0 Å². The maximum Gasteiger partial charge on any atom is 0.261 e. The van der Waals surface area contributed by atoms with Gasteiger partial charge in [-0.1, -0.05) is 12.1 Å². The Morgan fingerprint density at radius 3 is 2.50 bits per heavy atom.